The minimum absolute atomic E-state index is 0.0728. The van der Waals surface area contributed by atoms with Crippen molar-refractivity contribution in [3.8, 4) is 5.75 Å². The summed E-state index contributed by atoms with van der Waals surface area (Å²) in [5.41, 5.74) is 2.42. The number of benzene rings is 2. The van der Waals surface area contributed by atoms with E-state index in [4.69, 9.17) is 15.6 Å². The maximum absolute atomic E-state index is 12.3. The van der Waals surface area contributed by atoms with E-state index in [2.05, 4.69) is 0 Å². The number of ketones is 1. The molecule has 0 saturated carbocycles. The maximum atomic E-state index is 12.3. The molecule has 7 nitrogen and oxygen atoms in total. The van der Waals surface area contributed by atoms with Crippen molar-refractivity contribution < 1.29 is 24.8 Å². The highest BCUT2D eigenvalue weighted by Crippen LogP contribution is 2.29. The summed E-state index contributed by atoms with van der Waals surface area (Å²) in [6.45, 7) is 8.41. The van der Waals surface area contributed by atoms with Crippen molar-refractivity contribution in [3.63, 3.8) is 0 Å². The summed E-state index contributed by atoms with van der Waals surface area (Å²) in [5.74, 6) is -0.282. The number of thioether (sulfide) groups is 1. The van der Waals surface area contributed by atoms with Crippen molar-refractivity contribution in [2.45, 2.75) is 51.5 Å². The number of hydrogen-bond donors (Lipinski definition) is 2. The normalized spacial score (nSPS) is 10.9. The topological polar surface area (TPSA) is 119 Å². The number of carbonyl (C=O) groups excluding carboxylic acids is 2. The highest BCUT2D eigenvalue weighted by molar-refractivity contribution is 7.98. The Balaban J connectivity index is 0.000000613. The molecule has 2 aromatic carbocycles. The van der Waals surface area contributed by atoms with E-state index in [0.29, 0.717) is 23.6 Å². The molecule has 8 heteroatoms. The predicted octanol–water partition coefficient (Wildman–Crippen LogP) is 2.96. The number of hydrogen-bond acceptors (Lipinski definition) is 6. The minimum Gasteiger partial charge on any atom is -0.546 e. The van der Waals surface area contributed by atoms with Crippen molar-refractivity contribution in [2.24, 2.45) is 0 Å². The van der Waals surface area contributed by atoms with Crippen LogP contribution in [0.2, 0.25) is 0 Å². The Bertz CT molecular complexity index is 1110. The molecule has 0 atom stereocenters. The van der Waals surface area contributed by atoms with Crippen LogP contribution in [-0.4, -0.2) is 54.2 Å². The predicted molar refractivity (Wildman–Crippen MR) is 146 cm³/mol. The number of allylic oxidation sites excluding steroid dienone is 1. The second-order valence-electron chi connectivity index (χ2n) is 9.17. The molecule has 3 N–H and O–H groups in total. The fourth-order valence-corrected chi connectivity index (χ4v) is 3.39. The second-order valence-corrected chi connectivity index (χ2v) is 10.1. The van der Waals surface area contributed by atoms with E-state index in [0.717, 1.165) is 27.3 Å². The Morgan fingerprint density at radius 1 is 1.14 bits per heavy atom. The third-order valence-electron chi connectivity index (χ3n) is 5.12. The summed E-state index contributed by atoms with van der Waals surface area (Å²) >= 11 is 1.63. The van der Waals surface area contributed by atoms with Gasteiger partial charge < -0.3 is 19.5 Å². The number of aryl methyl sites for hydroxylation is 2. The Morgan fingerprint density at radius 3 is 2.06 bits per heavy atom. The van der Waals surface area contributed by atoms with Gasteiger partial charge in [-0.2, -0.15) is 0 Å². The Hall–Kier alpha value is -3.39. The van der Waals surface area contributed by atoms with E-state index < -0.39 is 11.6 Å². The average Bonchev–Trinajstić information content (AvgIpc) is 2.79. The summed E-state index contributed by atoms with van der Waals surface area (Å²) in [4.78, 5) is 26.4. The Labute approximate surface area is 218 Å². The van der Waals surface area contributed by atoms with Crippen LogP contribution in [0.5, 0.6) is 5.75 Å². The van der Waals surface area contributed by atoms with Gasteiger partial charge in [0.05, 0.1) is 12.4 Å². The molecule has 0 radical (unpaired) electrons. The van der Waals surface area contributed by atoms with E-state index in [1.807, 2.05) is 77.5 Å². The molecular formula is C28H37N3O4S. The Morgan fingerprint density at radius 2 is 1.67 bits per heavy atom. The summed E-state index contributed by atoms with van der Waals surface area (Å²) in [5, 5.41) is 23.9. The van der Waals surface area contributed by atoms with Crippen LogP contribution in [-0.2, 0) is 4.79 Å². The van der Waals surface area contributed by atoms with Gasteiger partial charge in [-0.15, -0.1) is 11.8 Å². The van der Waals surface area contributed by atoms with Crippen LogP contribution in [0.4, 0.5) is 0 Å². The molecule has 0 aliphatic rings. The number of nitrogens with zero attached hydrogens (tertiary/aromatic N) is 1. The molecule has 2 rings (SSSR count). The molecule has 0 aliphatic carbocycles. The molecule has 2 aromatic rings. The van der Waals surface area contributed by atoms with Gasteiger partial charge in [-0.05, 0) is 93.1 Å². The molecule has 0 aromatic heterocycles. The standard InChI is InChI=1S/C22H24O4S.C6H13N3/c1-14-12-16(13-15(2)20(14)26-22(3,4)21(24)25)6-11-19(23)17-7-9-18(27-5)10-8-17;1-5(7)4-6(8)9(2)3/h6-13H,1-5H3,(H,24,25);7-8H,4H2,1-3H3/b11-6+;. The van der Waals surface area contributed by atoms with Gasteiger partial charge >= 0.3 is 0 Å². The fourth-order valence-electron chi connectivity index (χ4n) is 2.98. The average molecular weight is 512 g/mol. The summed E-state index contributed by atoms with van der Waals surface area (Å²) in [6, 6.07) is 11.2. The first-order valence-electron chi connectivity index (χ1n) is 11.4. The maximum Gasteiger partial charge on any atom is 0.185 e. The lowest BCUT2D eigenvalue weighted by Gasteiger charge is -2.29. The number of amidine groups is 1. The first kappa shape index (κ1) is 30.6. The zero-order valence-electron chi connectivity index (χ0n) is 22.4. The molecule has 194 valence electrons. The zero-order chi connectivity index (χ0) is 27.6. The van der Waals surface area contributed by atoms with Crippen LogP contribution >= 0.6 is 11.8 Å². The van der Waals surface area contributed by atoms with Crippen LogP contribution in [0.3, 0.4) is 0 Å². The van der Waals surface area contributed by atoms with Crippen LogP contribution in [0, 0.1) is 19.3 Å². The number of rotatable bonds is 9. The van der Waals surface area contributed by atoms with Gasteiger partial charge in [-0.3, -0.25) is 15.6 Å². The molecule has 36 heavy (non-hydrogen) atoms. The molecule has 0 spiro atoms. The van der Waals surface area contributed by atoms with Gasteiger partial charge in [0.2, 0.25) is 0 Å². The first-order valence-corrected chi connectivity index (χ1v) is 12.6. The largest absolute Gasteiger partial charge is 0.546 e. The van der Waals surface area contributed by atoms with Gasteiger partial charge in [0.1, 0.15) is 17.2 Å². The van der Waals surface area contributed by atoms with Crippen molar-refractivity contribution in [3.05, 3.63) is 64.7 Å². The number of carboxylic acids is 1. The van der Waals surface area contributed by atoms with E-state index in [9.17, 15) is 14.7 Å². The smallest absolute Gasteiger partial charge is 0.185 e. The number of nitrogens with two attached hydrogens (primary N) is 1. The summed E-state index contributed by atoms with van der Waals surface area (Å²) < 4.78 is 5.64. The molecule has 0 aliphatic heterocycles. The van der Waals surface area contributed by atoms with Crippen LogP contribution < -0.4 is 15.3 Å². The van der Waals surface area contributed by atoms with Crippen LogP contribution in [0.15, 0.2) is 47.4 Å². The fraction of sp³-hybridized carbons (Fsp3) is 0.357. The van der Waals surface area contributed by atoms with E-state index >= 15 is 0 Å². The van der Waals surface area contributed by atoms with Gasteiger partial charge in [0, 0.05) is 31.5 Å². The van der Waals surface area contributed by atoms with Crippen LogP contribution in [0.1, 0.15) is 54.2 Å². The van der Waals surface area contributed by atoms with Crippen molar-refractivity contribution >= 4 is 41.1 Å². The van der Waals surface area contributed by atoms with Gasteiger partial charge in [0.25, 0.3) is 0 Å². The number of ether oxygens (including phenoxy) is 1. The second kappa shape index (κ2) is 13.6. The lowest BCUT2D eigenvalue weighted by Crippen LogP contribution is -2.48. The molecule has 0 amide bonds. The SMILES string of the molecule is CC(=[NH2+])CC(=N)N(C)C.CSc1ccc(C(=O)/C=C/c2cc(C)c(OC(C)(C)C(=O)[O-])c(C)c2)cc1. The highest BCUT2D eigenvalue weighted by atomic mass is 32.2. The lowest BCUT2D eigenvalue weighted by atomic mass is 10.0. The molecule has 0 fully saturated rings. The summed E-state index contributed by atoms with van der Waals surface area (Å²) in [7, 11) is 3.68. The lowest BCUT2D eigenvalue weighted by molar-refractivity contribution is -0.320. The van der Waals surface area contributed by atoms with Crippen molar-refractivity contribution in [2.75, 3.05) is 20.4 Å². The molecular weight excluding hydrogens is 474 g/mol. The number of carbonyl (C=O) groups is 2. The van der Waals surface area contributed by atoms with E-state index in [1.54, 1.807) is 22.7 Å². The van der Waals surface area contributed by atoms with Crippen molar-refractivity contribution in [1.29, 1.82) is 5.41 Å². The quantitative estimate of drug-likeness (QED) is 0.176. The molecule has 0 bridgehead atoms. The third kappa shape index (κ3) is 9.70. The van der Waals surface area contributed by atoms with Gasteiger partial charge in [-0.25, -0.2) is 0 Å². The minimum atomic E-state index is -1.42. The Kier molecular flexibility index (Phi) is 11.6. The molecule has 0 unspecified atom stereocenters. The van der Waals surface area contributed by atoms with Crippen LogP contribution in [0.25, 0.3) is 6.08 Å². The molecule has 0 heterocycles. The van der Waals surface area contributed by atoms with Crippen molar-refractivity contribution in [1.82, 2.24) is 4.90 Å². The zero-order valence-corrected chi connectivity index (χ0v) is 23.2. The van der Waals surface area contributed by atoms with Gasteiger partial charge in [0.15, 0.2) is 11.5 Å². The molecule has 0 saturated heterocycles. The highest BCUT2D eigenvalue weighted by Gasteiger charge is 2.23. The first-order chi connectivity index (χ1) is 16.7. The van der Waals surface area contributed by atoms with E-state index in [1.165, 1.54) is 19.9 Å². The van der Waals surface area contributed by atoms with Gasteiger partial charge in [-0.1, -0.05) is 6.08 Å². The number of carboxylic acid groups (broad SMARTS) is 1. The summed E-state index contributed by atoms with van der Waals surface area (Å²) in [6.07, 6.45) is 5.85. The number of nitrogens with one attached hydrogen (secondary N) is 1. The third-order valence-corrected chi connectivity index (χ3v) is 5.86. The number of aliphatic carboxylic acids is 1. The monoisotopic (exact) mass is 511 g/mol. The van der Waals surface area contributed by atoms with E-state index in [-0.39, 0.29) is 5.78 Å².